The second-order valence-corrected chi connectivity index (χ2v) is 6.27. The van der Waals surface area contributed by atoms with Crippen molar-refractivity contribution in [1.29, 1.82) is 0 Å². The summed E-state index contributed by atoms with van der Waals surface area (Å²) in [6, 6.07) is 3.01. The lowest BCUT2D eigenvalue weighted by Crippen LogP contribution is -2.28. The van der Waals surface area contributed by atoms with E-state index in [0.29, 0.717) is 0 Å². The fraction of sp³-hybridized carbons (Fsp3) is 0.250. The van der Waals surface area contributed by atoms with Gasteiger partial charge in [0.05, 0.1) is 16.8 Å². The Balaban J connectivity index is 2.47. The number of hydrogen-bond donors (Lipinski definition) is 2. The van der Waals surface area contributed by atoms with Gasteiger partial charge in [0.15, 0.2) is 0 Å². The maximum Gasteiger partial charge on any atom is 0.337 e. The molecule has 0 aliphatic carbocycles. The van der Waals surface area contributed by atoms with Gasteiger partial charge in [-0.25, -0.2) is 9.59 Å². The van der Waals surface area contributed by atoms with Gasteiger partial charge in [-0.1, -0.05) is 0 Å². The smallest absolute Gasteiger partial charge is 0.337 e. The minimum atomic E-state index is -4.94. The number of benzene rings is 1. The highest BCUT2D eigenvalue weighted by Crippen LogP contribution is 2.29. The first-order valence-corrected chi connectivity index (χ1v) is 7.40. The molecule has 1 aromatic carbocycles. The van der Waals surface area contributed by atoms with Crippen molar-refractivity contribution in [2.75, 3.05) is 11.4 Å². The summed E-state index contributed by atoms with van der Waals surface area (Å²) in [5.74, 6) is -3.60. The van der Waals surface area contributed by atoms with Crippen LogP contribution in [0, 0.1) is 0 Å². The Bertz CT molecular complexity index is 774. The lowest BCUT2D eigenvalue weighted by atomic mass is 10.1. The molecule has 2 rings (SSSR count). The van der Waals surface area contributed by atoms with Crippen LogP contribution in [0.5, 0.6) is 0 Å². The molecule has 1 saturated heterocycles. The average Bonchev–Trinajstić information content (AvgIpc) is 2.79. The van der Waals surface area contributed by atoms with E-state index in [9.17, 15) is 26.7 Å². The van der Waals surface area contributed by atoms with E-state index in [1.807, 2.05) is 0 Å². The van der Waals surface area contributed by atoms with Crippen LogP contribution in [0.4, 0.5) is 9.57 Å². The summed E-state index contributed by atoms with van der Waals surface area (Å²) < 4.78 is 34.7. The molecule has 1 amide bonds. The molecular weight excluding hydrogens is 321 g/mol. The van der Waals surface area contributed by atoms with Gasteiger partial charge >= 0.3 is 22.2 Å². The maximum absolute atomic E-state index is 13.0. The molecule has 1 aliphatic rings. The molecule has 1 heterocycles. The summed E-state index contributed by atoms with van der Waals surface area (Å²) in [7, 11) is -4.94. The second-order valence-electron chi connectivity index (χ2n) is 4.65. The molecule has 10 heteroatoms. The van der Waals surface area contributed by atoms with E-state index in [0.717, 1.165) is 23.1 Å². The lowest BCUT2D eigenvalue weighted by Gasteiger charge is -2.18. The number of carboxylic acid groups (broad SMARTS) is 2. The van der Waals surface area contributed by atoms with Crippen molar-refractivity contribution in [3.63, 3.8) is 0 Å². The zero-order valence-electron chi connectivity index (χ0n) is 10.9. The van der Waals surface area contributed by atoms with Crippen LogP contribution in [-0.4, -0.2) is 48.3 Å². The number of carbonyl (C=O) groups excluding carboxylic acids is 1. The Hall–Kier alpha value is -2.49. The van der Waals surface area contributed by atoms with E-state index in [1.165, 1.54) is 0 Å². The summed E-state index contributed by atoms with van der Waals surface area (Å²) in [5, 5.41) is 16.4. The summed E-state index contributed by atoms with van der Waals surface area (Å²) >= 11 is 0. The molecule has 1 fully saturated rings. The Morgan fingerprint density at radius 2 is 1.86 bits per heavy atom. The highest BCUT2D eigenvalue weighted by molar-refractivity contribution is 7.87. The van der Waals surface area contributed by atoms with Crippen LogP contribution in [0.1, 0.15) is 27.1 Å². The molecule has 22 heavy (non-hydrogen) atoms. The van der Waals surface area contributed by atoms with E-state index < -0.39 is 51.8 Å². The quantitative estimate of drug-likeness (QED) is 0.768. The number of nitrogens with zero attached hydrogens (tertiary/aromatic N) is 1. The molecule has 0 aromatic heterocycles. The van der Waals surface area contributed by atoms with E-state index in [2.05, 4.69) is 0 Å². The molecule has 2 N–H and O–H groups in total. The van der Waals surface area contributed by atoms with Crippen molar-refractivity contribution in [2.24, 2.45) is 0 Å². The van der Waals surface area contributed by atoms with Crippen LogP contribution < -0.4 is 4.90 Å². The van der Waals surface area contributed by atoms with Crippen molar-refractivity contribution >= 4 is 33.8 Å². The number of amides is 1. The number of rotatable bonds is 4. The predicted octanol–water partition coefficient (Wildman–Crippen LogP) is 0.488. The Kier molecular flexibility index (Phi) is 3.88. The van der Waals surface area contributed by atoms with Crippen LogP contribution in [0.3, 0.4) is 0 Å². The van der Waals surface area contributed by atoms with E-state index >= 15 is 0 Å². The van der Waals surface area contributed by atoms with E-state index in [-0.39, 0.29) is 11.3 Å². The van der Waals surface area contributed by atoms with Crippen molar-refractivity contribution < 1.29 is 36.9 Å². The summed E-state index contributed by atoms with van der Waals surface area (Å²) in [5.41, 5.74) is -0.957. The van der Waals surface area contributed by atoms with Crippen molar-refractivity contribution in [3.05, 3.63) is 29.3 Å². The predicted molar refractivity (Wildman–Crippen MR) is 71.1 cm³/mol. The van der Waals surface area contributed by atoms with Gasteiger partial charge in [-0.3, -0.25) is 4.79 Å². The third-order valence-electron chi connectivity index (χ3n) is 3.25. The Morgan fingerprint density at radius 1 is 1.23 bits per heavy atom. The second kappa shape index (κ2) is 5.37. The zero-order chi connectivity index (χ0) is 16.7. The third kappa shape index (κ3) is 2.91. The number of anilines is 1. The molecule has 118 valence electrons. The Labute approximate surface area is 124 Å². The summed E-state index contributed by atoms with van der Waals surface area (Å²) in [4.78, 5) is 34.7. The molecule has 0 bridgehead atoms. The molecule has 1 unspecified atom stereocenters. The van der Waals surface area contributed by atoms with Crippen LogP contribution >= 0.6 is 0 Å². The largest absolute Gasteiger partial charge is 0.478 e. The van der Waals surface area contributed by atoms with Gasteiger partial charge in [-0.05, 0) is 18.2 Å². The van der Waals surface area contributed by atoms with Gasteiger partial charge in [-0.15, -0.1) is 3.89 Å². The number of carboxylic acids is 2. The minimum Gasteiger partial charge on any atom is -0.478 e. The minimum absolute atomic E-state index is 0.173. The van der Waals surface area contributed by atoms with Gasteiger partial charge < -0.3 is 15.1 Å². The standard InChI is InChI=1S/C12H10FNO7S/c13-22(20,21)7-4-10(15)14(5-7)9-2-1-6(11(16)17)3-8(9)12(18)19/h1-3,7H,4-5H2,(H,16,17)(H,18,19). The number of halogens is 1. The monoisotopic (exact) mass is 331 g/mol. The van der Waals surface area contributed by atoms with Crippen LogP contribution in [0.25, 0.3) is 0 Å². The fourth-order valence-corrected chi connectivity index (χ4v) is 2.84. The van der Waals surface area contributed by atoms with Gasteiger partial charge in [0, 0.05) is 13.0 Å². The summed E-state index contributed by atoms with van der Waals surface area (Å²) in [6.45, 7) is -0.523. The molecule has 1 aliphatic heterocycles. The van der Waals surface area contributed by atoms with Crippen LogP contribution in [0.15, 0.2) is 18.2 Å². The molecular formula is C12H10FNO7S. The molecule has 0 spiro atoms. The molecule has 0 radical (unpaired) electrons. The first-order chi connectivity index (χ1) is 10.1. The maximum atomic E-state index is 13.0. The lowest BCUT2D eigenvalue weighted by molar-refractivity contribution is -0.117. The molecule has 8 nitrogen and oxygen atoms in total. The number of hydrogen-bond acceptors (Lipinski definition) is 5. The molecule has 0 saturated carbocycles. The van der Waals surface area contributed by atoms with Gasteiger partial charge in [0.1, 0.15) is 5.25 Å². The van der Waals surface area contributed by atoms with Crippen molar-refractivity contribution in [3.8, 4) is 0 Å². The van der Waals surface area contributed by atoms with Gasteiger partial charge in [0.25, 0.3) is 0 Å². The topological polar surface area (TPSA) is 129 Å². The fourth-order valence-electron chi connectivity index (χ4n) is 2.17. The van der Waals surface area contributed by atoms with E-state index in [4.69, 9.17) is 10.2 Å². The highest BCUT2D eigenvalue weighted by atomic mass is 32.3. The average molecular weight is 331 g/mol. The normalized spacial score (nSPS) is 18.5. The number of aromatic carboxylic acids is 2. The van der Waals surface area contributed by atoms with E-state index in [1.54, 1.807) is 0 Å². The highest BCUT2D eigenvalue weighted by Gasteiger charge is 2.40. The molecule has 1 atom stereocenters. The molecule has 1 aromatic rings. The van der Waals surface area contributed by atoms with Gasteiger partial charge in [0.2, 0.25) is 5.91 Å². The van der Waals surface area contributed by atoms with Crippen LogP contribution in [-0.2, 0) is 15.0 Å². The SMILES string of the molecule is O=C(O)c1ccc(N2CC(S(=O)(=O)F)CC2=O)c(C(=O)O)c1. The van der Waals surface area contributed by atoms with Crippen molar-refractivity contribution in [1.82, 2.24) is 0 Å². The van der Waals surface area contributed by atoms with Gasteiger partial charge in [-0.2, -0.15) is 8.42 Å². The third-order valence-corrected chi connectivity index (χ3v) is 4.36. The number of carbonyl (C=O) groups is 3. The first kappa shape index (κ1) is 15.9. The van der Waals surface area contributed by atoms with Crippen LogP contribution in [0.2, 0.25) is 0 Å². The van der Waals surface area contributed by atoms with Crippen molar-refractivity contribution in [2.45, 2.75) is 11.7 Å². The zero-order valence-corrected chi connectivity index (χ0v) is 11.7. The first-order valence-electron chi connectivity index (χ1n) is 5.95. The Morgan fingerprint density at radius 3 is 2.32 bits per heavy atom. The summed E-state index contributed by atoms with van der Waals surface area (Å²) in [6.07, 6.45) is -0.599.